The van der Waals surface area contributed by atoms with E-state index in [0.717, 1.165) is 46.7 Å². The molecule has 3 aliphatic heterocycles. The van der Waals surface area contributed by atoms with E-state index in [4.69, 9.17) is 0 Å². The number of fused-ring (bicyclic) bond motifs is 3. The molecule has 3 nitrogen and oxygen atoms in total. The molecule has 0 saturated heterocycles. The molecule has 75 heavy (non-hydrogen) atoms. The molecule has 0 N–H and O–H groups in total. The zero-order valence-corrected chi connectivity index (χ0v) is 62.4. The average Bonchev–Trinajstić information content (AvgIpc) is 3.74. The summed E-state index contributed by atoms with van der Waals surface area (Å²) in [5, 5.41) is 0. The molecule has 0 fully saturated rings. The van der Waals surface area contributed by atoms with Gasteiger partial charge in [-0.1, -0.05) is 141 Å². The fourth-order valence-corrected chi connectivity index (χ4v) is 15.1. The zero-order chi connectivity index (χ0) is 52.9. The Morgan fingerprint density at radius 3 is 1.49 bits per heavy atom. The van der Waals surface area contributed by atoms with E-state index < -0.39 is 0 Å². The fourth-order valence-electron chi connectivity index (χ4n) is 9.34. The number of nitrogens with zero attached hydrogens (tertiary/aromatic N) is 3. The van der Waals surface area contributed by atoms with Crippen LogP contribution in [0.3, 0.4) is 0 Å². The van der Waals surface area contributed by atoms with Crippen LogP contribution in [-0.2, 0) is 22.7 Å². The predicted molar refractivity (Wildman–Crippen MR) is 343 cm³/mol. The molecule has 8 rings (SSSR count). The summed E-state index contributed by atoms with van der Waals surface area (Å²) in [4.78, 5) is 2.27. The second kappa shape index (κ2) is 30.0. The molecule has 5 aromatic rings. The van der Waals surface area contributed by atoms with Crippen LogP contribution in [0.25, 0.3) is 6.08 Å². The van der Waals surface area contributed by atoms with Gasteiger partial charge in [-0.25, -0.2) is 4.58 Å². The SMILES string of the molecule is C(=C\C=C\c1ccccc1)/C=C/Cc1ccccc1.CC1=[N+](C)c2cc(Br)c(Br)c(Br)c2C1(C)C.CN1/C(=C/C=C/C=C/C=C/C2=[N+](C)c3cc(Br)c(Br)c(Br)c3C2(C)C)C(C)(C)c2c1cc(Br)c(Br)c2Br.[Cl-].[I-].[I-]. The monoisotopic (exact) mass is 1820 g/mol. The Hall–Kier alpha value is -0.510. The molecule has 0 bridgehead atoms. The molecule has 0 amide bonds. The lowest BCUT2D eigenvalue weighted by atomic mass is 9.81. The number of halogens is 12. The van der Waals surface area contributed by atoms with Crippen LogP contribution in [0.15, 0.2) is 198 Å². The standard InChI is InChI=1S/C29H27Br6N2.C19H18.C12H13Br3N.ClH.2HI/c1-28(2)20(36(5)18-14-16(30)24(32)26(34)22(18)28)12-10-8-7-9-11-13-21-29(3,4)23-19(37(21)6)15-17(31)25(33)27(23)35;1(2-6-12-18-14-8-4-9-15-18)3-7-13-19-16-10-5-11-17-19;1-6-12(2,3)9-8(16(6)4)5-7(13)10(14)11(9)15;;;/h7-15H,1-6H3;1-12,14-17H,13H2;5H,1-4H3;3*1H/q+1;;+1;;;/p-3/b;2-1+,7-3+,12-6+;;;;. The molecule has 0 unspecified atom stereocenters. The molecule has 3 heterocycles. The van der Waals surface area contributed by atoms with E-state index in [-0.39, 0.29) is 76.6 Å². The summed E-state index contributed by atoms with van der Waals surface area (Å²) in [5.41, 5.74) is 13.9. The first-order valence-electron chi connectivity index (χ1n) is 23.2. The van der Waals surface area contributed by atoms with E-state index in [9.17, 15) is 0 Å². The minimum absolute atomic E-state index is 0. The van der Waals surface area contributed by atoms with Gasteiger partial charge in [0.15, 0.2) is 11.4 Å². The molecule has 0 spiro atoms. The Kier molecular flexibility index (Phi) is 27.5. The van der Waals surface area contributed by atoms with Crippen LogP contribution in [0.2, 0.25) is 0 Å². The lowest BCUT2D eigenvalue weighted by Gasteiger charge is -2.24. The van der Waals surface area contributed by atoms with Crippen molar-refractivity contribution in [1.29, 1.82) is 0 Å². The smallest absolute Gasteiger partial charge is 0.211 e. The van der Waals surface area contributed by atoms with Gasteiger partial charge >= 0.3 is 0 Å². The molecule has 15 heteroatoms. The van der Waals surface area contributed by atoms with E-state index in [1.807, 2.05) is 24.3 Å². The Bertz CT molecular complexity index is 3170. The van der Waals surface area contributed by atoms with Crippen molar-refractivity contribution in [2.24, 2.45) is 0 Å². The zero-order valence-electron chi connectivity index (χ0n) is 43.1. The van der Waals surface area contributed by atoms with Gasteiger partial charge in [0, 0.05) is 94.8 Å². The van der Waals surface area contributed by atoms with E-state index in [1.165, 1.54) is 62.0 Å². The number of benzene rings is 5. The summed E-state index contributed by atoms with van der Waals surface area (Å²) < 4.78 is 14.2. The summed E-state index contributed by atoms with van der Waals surface area (Å²) in [6.07, 6.45) is 28.4. The highest BCUT2D eigenvalue weighted by Gasteiger charge is 2.46. The van der Waals surface area contributed by atoms with E-state index >= 15 is 0 Å². The van der Waals surface area contributed by atoms with Crippen molar-refractivity contribution >= 4 is 178 Å². The molecule has 0 aromatic heterocycles. The summed E-state index contributed by atoms with van der Waals surface area (Å²) in [6.45, 7) is 15.8. The number of hydrogen-bond donors (Lipinski definition) is 0. The molecule has 398 valence electrons. The second-order valence-corrected chi connectivity index (χ2v) is 26.4. The molecule has 5 aromatic carbocycles. The first-order valence-corrected chi connectivity index (χ1v) is 30.4. The van der Waals surface area contributed by atoms with E-state index in [2.05, 4.69) is 361 Å². The molecule has 0 saturated carbocycles. The number of allylic oxidation sites excluding steroid dienone is 13. The molecule has 0 atom stereocenters. The quantitative estimate of drug-likeness (QED) is 0.0619. The topological polar surface area (TPSA) is 9.26 Å². The Labute approximate surface area is 562 Å². The summed E-state index contributed by atoms with van der Waals surface area (Å²) in [6, 6.07) is 27.3. The number of anilines is 1. The molecular weight excluding hydrogens is 1770 g/mol. The minimum atomic E-state index is -0.122. The molecule has 3 aliphatic rings. The van der Waals surface area contributed by atoms with Gasteiger partial charge in [0.1, 0.15) is 14.1 Å². The lowest BCUT2D eigenvalue weighted by Crippen LogP contribution is -3.00. The van der Waals surface area contributed by atoms with Gasteiger partial charge in [-0.15, -0.1) is 0 Å². The van der Waals surface area contributed by atoms with Crippen LogP contribution >= 0.6 is 143 Å². The minimum Gasteiger partial charge on any atom is -1.00 e. The van der Waals surface area contributed by atoms with Crippen LogP contribution in [-0.4, -0.2) is 41.7 Å². The number of rotatable bonds is 9. The maximum Gasteiger partial charge on any atom is 0.211 e. The van der Waals surface area contributed by atoms with Crippen LogP contribution in [0.1, 0.15) is 76.3 Å². The van der Waals surface area contributed by atoms with E-state index in [0.29, 0.717) is 0 Å². The summed E-state index contributed by atoms with van der Waals surface area (Å²) in [5.74, 6) is 0. The van der Waals surface area contributed by atoms with Gasteiger partial charge in [0.25, 0.3) is 0 Å². The highest BCUT2D eigenvalue weighted by Crippen LogP contribution is 2.54. The Balaban J connectivity index is 0.000000327. The van der Waals surface area contributed by atoms with Gasteiger partial charge in [-0.05, 0) is 201 Å². The van der Waals surface area contributed by atoms with Crippen LogP contribution in [0.4, 0.5) is 17.1 Å². The third-order valence-electron chi connectivity index (χ3n) is 13.5. The van der Waals surface area contributed by atoms with Gasteiger partial charge in [-0.3, -0.25) is 0 Å². The largest absolute Gasteiger partial charge is 1.00 e. The molecular formula is C60H58Br9ClI2N3-. The molecule has 0 aliphatic carbocycles. The molecule has 0 radical (unpaired) electrons. The predicted octanol–water partition coefficient (Wildman–Crippen LogP) is 12.3. The van der Waals surface area contributed by atoms with Gasteiger partial charge in [0.2, 0.25) is 11.4 Å². The third kappa shape index (κ3) is 15.5. The first-order chi connectivity index (χ1) is 34.0. The summed E-state index contributed by atoms with van der Waals surface area (Å²) in [7, 11) is 6.38. The average molecular weight is 1830 g/mol. The normalized spacial score (nSPS) is 16.4. The van der Waals surface area contributed by atoms with Crippen LogP contribution in [0.5, 0.6) is 0 Å². The highest BCUT2D eigenvalue weighted by molar-refractivity contribution is 9.15. The van der Waals surface area contributed by atoms with Gasteiger partial charge in [-0.2, -0.15) is 4.58 Å². The van der Waals surface area contributed by atoms with Crippen LogP contribution < -0.4 is 65.3 Å². The second-order valence-electron chi connectivity index (χ2n) is 19.1. The van der Waals surface area contributed by atoms with Crippen molar-refractivity contribution in [3.8, 4) is 0 Å². The number of likely N-dealkylation sites (N-methyl/N-ethyl adjacent to an activating group) is 1. The third-order valence-corrected chi connectivity index (χ3v) is 23.4. The van der Waals surface area contributed by atoms with Gasteiger partial charge in [0.05, 0.1) is 22.0 Å². The van der Waals surface area contributed by atoms with E-state index in [1.54, 1.807) is 0 Å². The van der Waals surface area contributed by atoms with Crippen molar-refractivity contribution in [3.05, 3.63) is 226 Å². The van der Waals surface area contributed by atoms with Crippen LogP contribution in [0, 0.1) is 0 Å². The van der Waals surface area contributed by atoms with Crippen molar-refractivity contribution < 1.29 is 69.5 Å². The Morgan fingerprint density at radius 1 is 0.493 bits per heavy atom. The van der Waals surface area contributed by atoms with Gasteiger partial charge < -0.3 is 65.3 Å². The summed E-state index contributed by atoms with van der Waals surface area (Å²) >= 11 is 33.2. The maximum absolute atomic E-state index is 3.80. The van der Waals surface area contributed by atoms with Crippen molar-refractivity contribution in [2.75, 3.05) is 26.0 Å². The van der Waals surface area contributed by atoms with Crippen molar-refractivity contribution in [2.45, 2.75) is 71.1 Å². The highest BCUT2D eigenvalue weighted by atomic mass is 127. The lowest BCUT2D eigenvalue weighted by molar-refractivity contribution is -0.403. The number of hydrogen-bond acceptors (Lipinski definition) is 1. The first kappa shape index (κ1) is 68.8. The van der Waals surface area contributed by atoms with Crippen molar-refractivity contribution in [1.82, 2.24) is 0 Å². The fraction of sp³-hybridized carbons (Fsp3) is 0.233. The van der Waals surface area contributed by atoms with Crippen molar-refractivity contribution in [3.63, 3.8) is 0 Å². The Morgan fingerprint density at radius 2 is 0.933 bits per heavy atom. The maximum atomic E-state index is 3.80.